The first-order valence-corrected chi connectivity index (χ1v) is 7.97. The number of amides is 1. The first-order chi connectivity index (χ1) is 11.6. The number of aliphatic hydroxyl groups is 1. The molecular weight excluding hydrogens is 306 g/mol. The molecule has 6 nitrogen and oxygen atoms in total. The molecule has 1 aromatic carbocycles. The number of H-pyrrole nitrogens is 1. The highest BCUT2D eigenvalue weighted by atomic mass is 16.6. The van der Waals surface area contributed by atoms with Crippen molar-refractivity contribution < 1.29 is 14.6 Å². The Morgan fingerprint density at radius 1 is 1.46 bits per heavy atom. The number of benzene rings is 1. The molecule has 1 fully saturated rings. The summed E-state index contributed by atoms with van der Waals surface area (Å²) in [5.74, 6) is 0.728. The van der Waals surface area contributed by atoms with Gasteiger partial charge in [0.05, 0.1) is 18.7 Å². The van der Waals surface area contributed by atoms with Crippen molar-refractivity contribution in [3.8, 4) is 0 Å². The van der Waals surface area contributed by atoms with Crippen LogP contribution in [0.5, 0.6) is 0 Å². The van der Waals surface area contributed by atoms with Crippen molar-refractivity contribution in [2.45, 2.75) is 32.1 Å². The van der Waals surface area contributed by atoms with Gasteiger partial charge in [0.25, 0.3) is 0 Å². The topological polar surface area (TPSA) is 78.5 Å². The van der Waals surface area contributed by atoms with Crippen LogP contribution < -0.4 is 0 Å². The molecule has 1 saturated heterocycles. The van der Waals surface area contributed by atoms with Crippen LogP contribution in [0.1, 0.15) is 23.5 Å². The molecule has 24 heavy (non-hydrogen) atoms. The summed E-state index contributed by atoms with van der Waals surface area (Å²) < 4.78 is 5.37. The summed E-state index contributed by atoms with van der Waals surface area (Å²) in [7, 11) is 0. The lowest BCUT2D eigenvalue weighted by molar-refractivity contribution is 0.0920. The Bertz CT molecular complexity index is 711. The van der Waals surface area contributed by atoms with Crippen molar-refractivity contribution in [2.24, 2.45) is 0 Å². The second kappa shape index (κ2) is 7.31. The van der Waals surface area contributed by atoms with E-state index in [2.05, 4.69) is 9.97 Å². The van der Waals surface area contributed by atoms with Gasteiger partial charge < -0.3 is 14.8 Å². The number of aliphatic hydroxyl groups excluding tert-OH is 1. The van der Waals surface area contributed by atoms with Gasteiger partial charge in [-0.3, -0.25) is 4.90 Å². The Labute approximate surface area is 140 Å². The molecule has 0 spiro atoms. The number of carbonyl (C=O) groups excluding carboxylic acids is 1. The van der Waals surface area contributed by atoms with Crippen LogP contribution in [0.4, 0.5) is 4.79 Å². The van der Waals surface area contributed by atoms with Crippen LogP contribution in [0, 0.1) is 6.92 Å². The van der Waals surface area contributed by atoms with E-state index < -0.39 is 12.2 Å². The van der Waals surface area contributed by atoms with E-state index in [0.29, 0.717) is 6.42 Å². The number of hydrogen-bond acceptors (Lipinski definition) is 4. The fourth-order valence-electron chi connectivity index (χ4n) is 2.76. The molecule has 2 heterocycles. The number of hydrogen-bond donors (Lipinski definition) is 2. The molecule has 0 bridgehead atoms. The van der Waals surface area contributed by atoms with E-state index in [-0.39, 0.29) is 19.2 Å². The highest BCUT2D eigenvalue weighted by molar-refractivity contribution is 5.69. The molecule has 1 aliphatic heterocycles. The number of rotatable bonds is 4. The maximum atomic E-state index is 12.3. The van der Waals surface area contributed by atoms with Gasteiger partial charge >= 0.3 is 6.09 Å². The van der Waals surface area contributed by atoms with E-state index >= 15 is 0 Å². The minimum atomic E-state index is -0.540. The molecule has 2 atom stereocenters. The Hall–Kier alpha value is -2.60. The fourth-order valence-corrected chi connectivity index (χ4v) is 2.76. The number of nitrogens with one attached hydrogen (secondary N) is 1. The number of nitrogens with zero attached hydrogens (tertiary/aromatic N) is 2. The molecule has 1 amide bonds. The number of carbonyl (C=O) groups is 1. The maximum absolute atomic E-state index is 12.3. The average molecular weight is 327 g/mol. The lowest BCUT2D eigenvalue weighted by atomic mass is 10.2. The maximum Gasteiger partial charge on any atom is 0.410 e. The van der Waals surface area contributed by atoms with Crippen LogP contribution in [-0.2, 0) is 11.3 Å². The fraction of sp³-hybridized carbons (Fsp3) is 0.333. The largest absolute Gasteiger partial charge is 0.445 e. The van der Waals surface area contributed by atoms with E-state index in [1.54, 1.807) is 11.1 Å². The number of ether oxygens (including phenoxy) is 1. The quantitative estimate of drug-likeness (QED) is 0.904. The lowest BCUT2D eigenvalue weighted by Crippen LogP contribution is -2.35. The SMILES string of the molecule is Cc1cnc(C=C[C@@H]2C[C@@H](O)CN2C(=O)OCc2ccccc2)[nH]1. The van der Waals surface area contributed by atoms with Gasteiger partial charge in [0.1, 0.15) is 12.4 Å². The van der Waals surface area contributed by atoms with Gasteiger partial charge in [-0.15, -0.1) is 0 Å². The Morgan fingerprint density at radius 3 is 2.96 bits per heavy atom. The number of aryl methyl sites for hydroxylation is 1. The van der Waals surface area contributed by atoms with E-state index in [4.69, 9.17) is 4.74 Å². The first-order valence-electron chi connectivity index (χ1n) is 7.97. The Morgan fingerprint density at radius 2 is 2.25 bits per heavy atom. The van der Waals surface area contributed by atoms with Crippen LogP contribution in [0.15, 0.2) is 42.6 Å². The molecule has 1 aromatic heterocycles. The molecule has 1 aliphatic rings. The highest BCUT2D eigenvalue weighted by Crippen LogP contribution is 2.21. The van der Waals surface area contributed by atoms with Crippen LogP contribution in [0.3, 0.4) is 0 Å². The minimum Gasteiger partial charge on any atom is -0.445 e. The zero-order chi connectivity index (χ0) is 16.9. The lowest BCUT2D eigenvalue weighted by Gasteiger charge is -2.21. The summed E-state index contributed by atoms with van der Waals surface area (Å²) >= 11 is 0. The summed E-state index contributed by atoms with van der Waals surface area (Å²) in [6.45, 7) is 2.43. The second-order valence-electron chi connectivity index (χ2n) is 5.96. The van der Waals surface area contributed by atoms with Gasteiger partial charge in [-0.05, 0) is 25.0 Å². The van der Waals surface area contributed by atoms with Crippen LogP contribution in [-0.4, -0.2) is 44.8 Å². The zero-order valence-electron chi connectivity index (χ0n) is 13.6. The molecule has 2 aromatic rings. The Kier molecular flexibility index (Phi) is 4.96. The summed E-state index contributed by atoms with van der Waals surface area (Å²) in [4.78, 5) is 21.2. The number of β-amino-alcohol motifs (C(OH)–C–C–N with tert-alkyl or cyclic N) is 1. The van der Waals surface area contributed by atoms with Gasteiger partial charge in [-0.1, -0.05) is 36.4 Å². The molecule has 0 unspecified atom stereocenters. The predicted molar refractivity (Wildman–Crippen MR) is 90.1 cm³/mol. The number of aromatic amines is 1. The van der Waals surface area contributed by atoms with Crippen molar-refractivity contribution in [1.29, 1.82) is 0 Å². The van der Waals surface area contributed by atoms with Crippen molar-refractivity contribution in [3.63, 3.8) is 0 Å². The summed E-state index contributed by atoms with van der Waals surface area (Å²) in [6.07, 6.45) is 4.99. The molecule has 0 radical (unpaired) electrons. The van der Waals surface area contributed by atoms with E-state index in [1.807, 2.05) is 49.4 Å². The van der Waals surface area contributed by atoms with Crippen molar-refractivity contribution in [2.75, 3.05) is 6.54 Å². The van der Waals surface area contributed by atoms with Crippen LogP contribution in [0.25, 0.3) is 6.08 Å². The standard InChI is InChI=1S/C18H21N3O3/c1-13-10-19-17(20-13)8-7-15-9-16(22)11-21(15)18(23)24-12-14-5-3-2-4-6-14/h2-8,10,15-16,22H,9,11-12H2,1H3,(H,19,20)/t15-,16-/m1/s1. The van der Waals surface area contributed by atoms with Crippen molar-refractivity contribution in [1.82, 2.24) is 14.9 Å². The van der Waals surface area contributed by atoms with Gasteiger partial charge in [-0.2, -0.15) is 0 Å². The minimum absolute atomic E-state index is 0.200. The molecule has 126 valence electrons. The van der Waals surface area contributed by atoms with Crippen LogP contribution >= 0.6 is 0 Å². The third-order valence-electron chi connectivity index (χ3n) is 3.96. The normalized spacial score (nSPS) is 20.7. The van der Waals surface area contributed by atoms with E-state index in [1.165, 1.54) is 0 Å². The van der Waals surface area contributed by atoms with Gasteiger partial charge in [0.15, 0.2) is 0 Å². The molecule has 0 aliphatic carbocycles. The number of aromatic nitrogens is 2. The van der Waals surface area contributed by atoms with Gasteiger partial charge in [-0.25, -0.2) is 9.78 Å². The van der Waals surface area contributed by atoms with Gasteiger partial charge in [0.2, 0.25) is 0 Å². The van der Waals surface area contributed by atoms with Crippen molar-refractivity contribution in [3.05, 3.63) is 59.7 Å². The third-order valence-corrected chi connectivity index (χ3v) is 3.96. The molecule has 3 rings (SSSR count). The first kappa shape index (κ1) is 16.3. The highest BCUT2D eigenvalue weighted by Gasteiger charge is 2.33. The molecule has 6 heteroatoms. The monoisotopic (exact) mass is 327 g/mol. The summed E-state index contributed by atoms with van der Waals surface area (Å²) in [5, 5.41) is 9.90. The van der Waals surface area contributed by atoms with Gasteiger partial charge in [0, 0.05) is 11.9 Å². The second-order valence-corrected chi connectivity index (χ2v) is 5.96. The third kappa shape index (κ3) is 4.02. The molecule has 0 saturated carbocycles. The predicted octanol–water partition coefficient (Wildman–Crippen LogP) is 2.50. The van der Waals surface area contributed by atoms with E-state index in [9.17, 15) is 9.90 Å². The Balaban J connectivity index is 1.61. The summed E-state index contributed by atoms with van der Waals surface area (Å²) in [5.41, 5.74) is 1.91. The van der Waals surface area contributed by atoms with E-state index in [0.717, 1.165) is 17.1 Å². The number of likely N-dealkylation sites (tertiary alicyclic amines) is 1. The van der Waals surface area contributed by atoms with Crippen LogP contribution in [0.2, 0.25) is 0 Å². The average Bonchev–Trinajstić information content (AvgIpc) is 3.17. The number of imidazole rings is 1. The smallest absolute Gasteiger partial charge is 0.410 e. The molecule has 2 N–H and O–H groups in total. The summed E-state index contributed by atoms with van der Waals surface area (Å²) in [6, 6.07) is 9.33. The van der Waals surface area contributed by atoms with Crippen molar-refractivity contribution >= 4 is 12.2 Å². The zero-order valence-corrected chi connectivity index (χ0v) is 13.6. The molecular formula is C18H21N3O3.